The molecule has 0 amide bonds. The smallest absolute Gasteiger partial charge is 0.226 e. The van der Waals surface area contributed by atoms with Gasteiger partial charge < -0.3 is 5.32 Å². The maximum atomic E-state index is 6.16. The maximum absolute atomic E-state index is 6.16. The summed E-state index contributed by atoms with van der Waals surface area (Å²) in [5.74, 6) is 0.525. The molecular formula is C14H20ClN5. The monoisotopic (exact) mass is 293 g/mol. The van der Waals surface area contributed by atoms with Gasteiger partial charge in [0, 0.05) is 6.54 Å². The van der Waals surface area contributed by atoms with Crippen LogP contribution in [0.15, 0.2) is 0 Å². The van der Waals surface area contributed by atoms with Gasteiger partial charge in [-0.25, -0.2) is 9.97 Å². The van der Waals surface area contributed by atoms with E-state index in [4.69, 9.17) is 11.6 Å². The van der Waals surface area contributed by atoms with Gasteiger partial charge in [-0.05, 0) is 20.3 Å². The van der Waals surface area contributed by atoms with Gasteiger partial charge in [-0.1, -0.05) is 37.8 Å². The van der Waals surface area contributed by atoms with Gasteiger partial charge in [0.2, 0.25) is 5.95 Å². The van der Waals surface area contributed by atoms with E-state index in [-0.39, 0.29) is 0 Å². The molecule has 0 aromatic carbocycles. The Morgan fingerprint density at radius 1 is 0.950 bits per heavy atom. The summed E-state index contributed by atoms with van der Waals surface area (Å²) in [5, 5.41) is 3.54. The Morgan fingerprint density at radius 2 is 1.70 bits per heavy atom. The lowest BCUT2D eigenvalue weighted by Crippen LogP contribution is -2.07. The minimum Gasteiger partial charge on any atom is -0.354 e. The van der Waals surface area contributed by atoms with Crippen molar-refractivity contribution in [2.75, 3.05) is 11.9 Å². The topological polar surface area (TPSA) is 63.6 Å². The van der Waals surface area contributed by atoms with Gasteiger partial charge >= 0.3 is 0 Å². The molecule has 108 valence electrons. The molecule has 0 bridgehead atoms. The summed E-state index contributed by atoms with van der Waals surface area (Å²) in [6.45, 7) is 6.86. The van der Waals surface area contributed by atoms with Crippen molar-refractivity contribution in [2.45, 2.75) is 46.5 Å². The molecule has 0 unspecified atom stereocenters. The van der Waals surface area contributed by atoms with Crippen LogP contribution in [0.5, 0.6) is 0 Å². The zero-order valence-corrected chi connectivity index (χ0v) is 13.0. The highest BCUT2D eigenvalue weighted by Gasteiger charge is 2.10. The van der Waals surface area contributed by atoms with Gasteiger partial charge in [0.05, 0.1) is 11.4 Å². The molecule has 0 aliphatic carbocycles. The first-order valence-corrected chi connectivity index (χ1v) is 7.42. The number of aryl methyl sites for hydroxylation is 2. The first kappa shape index (κ1) is 14.9. The van der Waals surface area contributed by atoms with Crippen molar-refractivity contribution in [3.8, 4) is 0 Å². The molecule has 0 aliphatic heterocycles. The van der Waals surface area contributed by atoms with Gasteiger partial charge in [-0.2, -0.15) is 9.97 Å². The van der Waals surface area contributed by atoms with Crippen LogP contribution in [0.3, 0.4) is 0 Å². The van der Waals surface area contributed by atoms with Crippen LogP contribution in [0.4, 0.5) is 5.95 Å². The van der Waals surface area contributed by atoms with E-state index in [1.54, 1.807) is 0 Å². The average Bonchev–Trinajstić information content (AvgIpc) is 2.41. The number of rotatable bonds is 6. The van der Waals surface area contributed by atoms with Crippen molar-refractivity contribution >= 4 is 28.7 Å². The first-order chi connectivity index (χ1) is 9.61. The summed E-state index contributed by atoms with van der Waals surface area (Å²) in [5.41, 5.74) is 2.82. The van der Waals surface area contributed by atoms with Crippen molar-refractivity contribution in [3.05, 3.63) is 16.5 Å². The number of unbranched alkanes of at least 4 members (excludes halogenated alkanes) is 3. The fourth-order valence-electron chi connectivity index (χ4n) is 1.91. The number of halogens is 1. The van der Waals surface area contributed by atoms with Gasteiger partial charge in [0.25, 0.3) is 0 Å². The highest BCUT2D eigenvalue weighted by Crippen LogP contribution is 2.20. The van der Waals surface area contributed by atoms with Crippen molar-refractivity contribution < 1.29 is 0 Å². The van der Waals surface area contributed by atoms with Crippen LogP contribution in [0.2, 0.25) is 5.15 Å². The second-order valence-electron chi connectivity index (χ2n) is 4.89. The third-order valence-electron chi connectivity index (χ3n) is 3.21. The van der Waals surface area contributed by atoms with Crippen LogP contribution >= 0.6 is 11.6 Å². The second-order valence-corrected chi connectivity index (χ2v) is 5.25. The number of nitrogens with zero attached hydrogens (tertiary/aromatic N) is 4. The molecule has 20 heavy (non-hydrogen) atoms. The molecule has 2 aromatic rings. The standard InChI is InChI=1S/C14H20ClN5/c1-4-5-6-7-8-16-14-19-12(15)11-13(20-14)18-10(3)9(2)17-11/h4-8H2,1-3H3,(H,16,18,19,20). The van der Waals surface area contributed by atoms with Crippen molar-refractivity contribution in [2.24, 2.45) is 0 Å². The molecule has 0 spiro atoms. The molecule has 6 heteroatoms. The van der Waals surface area contributed by atoms with Crippen molar-refractivity contribution in [3.63, 3.8) is 0 Å². The van der Waals surface area contributed by atoms with E-state index in [2.05, 4.69) is 32.2 Å². The second kappa shape index (κ2) is 6.79. The molecule has 0 saturated carbocycles. The third kappa shape index (κ3) is 3.54. The Morgan fingerprint density at radius 3 is 2.45 bits per heavy atom. The number of hydrogen-bond donors (Lipinski definition) is 1. The number of hydrogen-bond acceptors (Lipinski definition) is 5. The van der Waals surface area contributed by atoms with Crippen LogP contribution in [-0.4, -0.2) is 26.5 Å². The van der Waals surface area contributed by atoms with Crippen LogP contribution in [-0.2, 0) is 0 Å². The Kier molecular flexibility index (Phi) is 5.06. The minimum absolute atomic E-state index is 0.349. The molecule has 2 rings (SSSR count). The summed E-state index contributed by atoms with van der Waals surface area (Å²) in [4.78, 5) is 17.4. The molecule has 0 atom stereocenters. The van der Waals surface area contributed by atoms with E-state index in [0.29, 0.717) is 22.3 Å². The molecule has 0 aliphatic rings. The van der Waals surface area contributed by atoms with Crippen molar-refractivity contribution in [1.29, 1.82) is 0 Å². The quantitative estimate of drug-likeness (QED) is 0.650. The molecule has 1 N–H and O–H groups in total. The summed E-state index contributed by atoms with van der Waals surface area (Å²) in [6.07, 6.45) is 4.80. The SMILES string of the molecule is CCCCCCNc1nc(Cl)c2nc(C)c(C)nc2n1. The van der Waals surface area contributed by atoms with Gasteiger partial charge in [-0.15, -0.1) is 0 Å². The number of nitrogens with one attached hydrogen (secondary N) is 1. The largest absolute Gasteiger partial charge is 0.354 e. The summed E-state index contributed by atoms with van der Waals surface area (Å²) >= 11 is 6.16. The highest BCUT2D eigenvalue weighted by molar-refractivity contribution is 6.33. The number of fused-ring (bicyclic) bond motifs is 1. The fraction of sp³-hybridized carbons (Fsp3) is 0.571. The Hall–Kier alpha value is -1.49. The zero-order valence-electron chi connectivity index (χ0n) is 12.2. The zero-order chi connectivity index (χ0) is 14.5. The van der Waals surface area contributed by atoms with E-state index in [0.717, 1.165) is 24.4 Å². The van der Waals surface area contributed by atoms with Crippen molar-refractivity contribution in [1.82, 2.24) is 19.9 Å². The molecule has 0 radical (unpaired) electrons. The maximum Gasteiger partial charge on any atom is 0.226 e. The predicted molar refractivity (Wildman–Crippen MR) is 82.2 cm³/mol. The molecule has 0 saturated heterocycles. The predicted octanol–water partition coefficient (Wildman–Crippen LogP) is 3.68. The first-order valence-electron chi connectivity index (χ1n) is 7.04. The fourth-order valence-corrected chi connectivity index (χ4v) is 2.12. The van der Waals surface area contributed by atoms with Gasteiger partial charge in [0.1, 0.15) is 5.52 Å². The van der Waals surface area contributed by atoms with E-state index < -0.39 is 0 Å². The van der Waals surface area contributed by atoms with E-state index >= 15 is 0 Å². The molecule has 2 heterocycles. The lowest BCUT2D eigenvalue weighted by molar-refractivity contribution is 0.683. The minimum atomic E-state index is 0.349. The Labute approximate surface area is 124 Å². The van der Waals surface area contributed by atoms with Crippen LogP contribution in [0.1, 0.15) is 44.0 Å². The number of anilines is 1. The summed E-state index contributed by atoms with van der Waals surface area (Å²) < 4.78 is 0. The average molecular weight is 294 g/mol. The lowest BCUT2D eigenvalue weighted by Gasteiger charge is -2.07. The lowest BCUT2D eigenvalue weighted by atomic mass is 10.2. The van der Waals surface area contributed by atoms with E-state index in [1.807, 2.05) is 13.8 Å². The van der Waals surface area contributed by atoms with Crippen LogP contribution in [0, 0.1) is 13.8 Å². The van der Waals surface area contributed by atoms with Gasteiger partial charge in [0.15, 0.2) is 10.8 Å². The van der Waals surface area contributed by atoms with Gasteiger partial charge in [-0.3, -0.25) is 0 Å². The molecule has 2 aromatic heterocycles. The Bertz CT molecular complexity index is 600. The van der Waals surface area contributed by atoms with E-state index in [9.17, 15) is 0 Å². The third-order valence-corrected chi connectivity index (χ3v) is 3.48. The Balaban J connectivity index is 2.13. The van der Waals surface area contributed by atoms with Crippen LogP contribution < -0.4 is 5.32 Å². The molecular weight excluding hydrogens is 274 g/mol. The summed E-state index contributed by atoms with van der Waals surface area (Å²) in [7, 11) is 0. The van der Waals surface area contributed by atoms with Crippen LogP contribution in [0.25, 0.3) is 11.2 Å². The molecule has 5 nitrogen and oxygen atoms in total. The normalized spacial score (nSPS) is 11.0. The number of aromatic nitrogens is 4. The summed E-state index contributed by atoms with van der Waals surface area (Å²) in [6, 6.07) is 0. The van der Waals surface area contributed by atoms with E-state index in [1.165, 1.54) is 19.3 Å². The molecule has 0 fully saturated rings. The highest BCUT2D eigenvalue weighted by atomic mass is 35.5.